The lowest BCUT2D eigenvalue weighted by Gasteiger charge is -2.01. The van der Waals surface area contributed by atoms with Gasteiger partial charge in [0.15, 0.2) is 0 Å². The molecule has 0 saturated carbocycles. The molecule has 0 N–H and O–H groups in total. The van der Waals surface area contributed by atoms with E-state index >= 15 is 0 Å². The van der Waals surface area contributed by atoms with Gasteiger partial charge < -0.3 is 0 Å². The lowest BCUT2D eigenvalue weighted by molar-refractivity contribution is -0.118. The Bertz CT molecular complexity index is 108. The second-order valence-corrected chi connectivity index (χ2v) is 4.01. The van der Waals surface area contributed by atoms with Crippen LogP contribution in [0.15, 0.2) is 0 Å². The second-order valence-electron chi connectivity index (χ2n) is 1.88. The highest BCUT2D eigenvalue weighted by atomic mass is 79.9. The Hall–Kier alpha value is 0.920. The minimum absolute atomic E-state index is 0.0456. The summed E-state index contributed by atoms with van der Waals surface area (Å²) >= 11 is 11.9. The quantitative estimate of drug-likeness (QED) is 0.712. The van der Waals surface area contributed by atoms with Gasteiger partial charge in [0.25, 0.3) is 0 Å². The van der Waals surface area contributed by atoms with Gasteiger partial charge in [0.05, 0.1) is 4.83 Å². The third-order valence-electron chi connectivity index (χ3n) is 1.04. The number of carbonyl (C=O) groups is 1. The van der Waals surface area contributed by atoms with Gasteiger partial charge in [0.2, 0.25) is 0 Å². The Morgan fingerprint density at radius 3 is 2.60 bits per heavy atom. The minimum Gasteiger partial charge on any atom is -0.298 e. The van der Waals surface area contributed by atoms with Crippen LogP contribution in [0.2, 0.25) is 0 Å². The van der Waals surface area contributed by atoms with Crippen molar-refractivity contribution in [2.24, 2.45) is 0 Å². The fourth-order valence-electron chi connectivity index (χ4n) is 0.484. The van der Waals surface area contributed by atoms with Gasteiger partial charge in [0, 0.05) is 17.6 Å². The highest BCUT2D eigenvalue weighted by molar-refractivity contribution is 9.12. The predicted molar refractivity (Wildman–Crippen MR) is 51.5 cm³/mol. The molecule has 1 atom stereocenters. The fraction of sp³-hybridized carbons (Fsp3) is 0.833. The van der Waals surface area contributed by atoms with Crippen LogP contribution in [0.1, 0.15) is 12.8 Å². The Labute approximate surface area is 82.8 Å². The first-order valence-electron chi connectivity index (χ1n) is 3.01. The van der Waals surface area contributed by atoms with Crippen molar-refractivity contribution < 1.29 is 4.79 Å². The van der Waals surface area contributed by atoms with E-state index in [9.17, 15) is 4.79 Å². The van der Waals surface area contributed by atoms with Gasteiger partial charge in [-0.15, -0.1) is 11.6 Å². The summed E-state index contributed by atoms with van der Waals surface area (Å²) in [5, 5.41) is 0.675. The van der Waals surface area contributed by atoms with Gasteiger partial charge in [0.1, 0.15) is 5.78 Å². The number of carbonyl (C=O) groups excluding carboxylic acids is 1. The summed E-state index contributed by atoms with van der Waals surface area (Å²) in [5.74, 6) is 0.783. The molecule has 0 saturated heterocycles. The molecule has 0 spiro atoms. The van der Waals surface area contributed by atoms with Crippen LogP contribution in [-0.4, -0.2) is 21.8 Å². The summed E-state index contributed by atoms with van der Waals surface area (Å²) in [7, 11) is 0. The molecule has 0 heterocycles. The first kappa shape index (κ1) is 10.9. The van der Waals surface area contributed by atoms with Crippen LogP contribution < -0.4 is 0 Å². The van der Waals surface area contributed by atoms with Crippen molar-refractivity contribution in [2.75, 3.05) is 11.2 Å². The molecule has 0 aliphatic rings. The lowest BCUT2D eigenvalue weighted by atomic mass is 10.2. The molecule has 4 heteroatoms. The maximum atomic E-state index is 11.0. The molecule has 60 valence electrons. The Balaban J connectivity index is 3.42. The van der Waals surface area contributed by atoms with E-state index in [2.05, 4.69) is 31.9 Å². The van der Waals surface area contributed by atoms with Gasteiger partial charge >= 0.3 is 0 Å². The molecule has 0 aromatic rings. The topological polar surface area (TPSA) is 17.1 Å². The predicted octanol–water partition coefficient (Wildman–Crippen LogP) is 2.73. The maximum absolute atomic E-state index is 11.0. The van der Waals surface area contributed by atoms with Crippen molar-refractivity contribution in [3.63, 3.8) is 0 Å². The van der Waals surface area contributed by atoms with Crippen molar-refractivity contribution in [1.29, 1.82) is 0 Å². The van der Waals surface area contributed by atoms with Crippen molar-refractivity contribution in [1.82, 2.24) is 0 Å². The largest absolute Gasteiger partial charge is 0.298 e. The summed E-state index contributed by atoms with van der Waals surface area (Å²) in [5.41, 5.74) is 0. The third-order valence-corrected chi connectivity index (χ3v) is 3.66. The highest BCUT2D eigenvalue weighted by Gasteiger charge is 2.11. The van der Waals surface area contributed by atoms with Crippen molar-refractivity contribution in [2.45, 2.75) is 17.7 Å². The van der Waals surface area contributed by atoms with E-state index in [1.807, 2.05) is 0 Å². The van der Waals surface area contributed by atoms with Crippen LogP contribution in [0.4, 0.5) is 0 Å². The molecule has 0 aromatic carbocycles. The summed E-state index contributed by atoms with van der Waals surface area (Å²) in [4.78, 5) is 11.0. The normalized spacial score (nSPS) is 13.1. The van der Waals surface area contributed by atoms with Crippen LogP contribution in [0.3, 0.4) is 0 Å². The molecular formula is C6H9Br2ClO. The van der Waals surface area contributed by atoms with Gasteiger partial charge in [-0.25, -0.2) is 0 Å². The molecule has 0 bridgehead atoms. The molecule has 0 aromatic heterocycles. The van der Waals surface area contributed by atoms with Gasteiger partial charge in [-0.1, -0.05) is 31.9 Å². The smallest absolute Gasteiger partial charge is 0.147 e. The first-order valence-corrected chi connectivity index (χ1v) is 5.58. The number of rotatable bonds is 5. The molecule has 1 nitrogen and oxygen atoms in total. The zero-order valence-electron chi connectivity index (χ0n) is 5.45. The zero-order valence-corrected chi connectivity index (χ0v) is 9.38. The van der Waals surface area contributed by atoms with Crippen molar-refractivity contribution in [3.8, 4) is 0 Å². The second kappa shape index (κ2) is 6.62. The molecule has 0 aliphatic heterocycles. The van der Waals surface area contributed by atoms with Crippen molar-refractivity contribution >= 4 is 49.2 Å². The maximum Gasteiger partial charge on any atom is 0.147 e. The van der Waals surface area contributed by atoms with Gasteiger partial charge in [-0.3, -0.25) is 4.79 Å². The fourth-order valence-corrected chi connectivity index (χ4v) is 1.21. The van der Waals surface area contributed by atoms with Crippen LogP contribution in [-0.2, 0) is 4.79 Å². The van der Waals surface area contributed by atoms with E-state index in [0.717, 1.165) is 6.42 Å². The molecule has 0 radical (unpaired) electrons. The van der Waals surface area contributed by atoms with E-state index in [0.29, 0.717) is 17.6 Å². The van der Waals surface area contributed by atoms with E-state index < -0.39 is 0 Å². The molecule has 0 rings (SSSR count). The molecule has 0 amide bonds. The number of Topliss-reactive ketones (excluding diaryl/α,β-unsaturated/α-hetero) is 1. The Morgan fingerprint density at radius 1 is 1.60 bits per heavy atom. The Kier molecular flexibility index (Phi) is 7.23. The van der Waals surface area contributed by atoms with E-state index in [-0.39, 0.29) is 10.6 Å². The number of hydrogen-bond acceptors (Lipinski definition) is 1. The van der Waals surface area contributed by atoms with Crippen LogP contribution in [0.5, 0.6) is 0 Å². The van der Waals surface area contributed by atoms with Crippen LogP contribution in [0.25, 0.3) is 0 Å². The molecule has 0 fully saturated rings. The average molecular weight is 292 g/mol. The molecular weight excluding hydrogens is 283 g/mol. The molecule has 1 unspecified atom stereocenters. The van der Waals surface area contributed by atoms with Crippen LogP contribution >= 0.6 is 43.5 Å². The molecule has 0 aliphatic carbocycles. The van der Waals surface area contributed by atoms with Gasteiger partial charge in [-0.2, -0.15) is 0 Å². The van der Waals surface area contributed by atoms with Crippen LogP contribution in [0, 0.1) is 0 Å². The monoisotopic (exact) mass is 290 g/mol. The average Bonchev–Trinajstić information content (AvgIpc) is 1.98. The summed E-state index contributed by atoms with van der Waals surface area (Å²) in [6, 6.07) is 0. The summed E-state index contributed by atoms with van der Waals surface area (Å²) in [6.07, 6.45) is 1.35. The number of hydrogen-bond donors (Lipinski definition) is 0. The van der Waals surface area contributed by atoms with E-state index in [4.69, 9.17) is 11.6 Å². The highest BCUT2D eigenvalue weighted by Crippen LogP contribution is 2.08. The SMILES string of the molecule is O=C(CCCCl)C(Br)CBr. The Morgan fingerprint density at radius 2 is 2.20 bits per heavy atom. The summed E-state index contributed by atoms with van der Waals surface area (Å²) in [6.45, 7) is 0. The van der Waals surface area contributed by atoms with Gasteiger partial charge in [-0.05, 0) is 6.42 Å². The van der Waals surface area contributed by atoms with Crippen molar-refractivity contribution in [3.05, 3.63) is 0 Å². The van der Waals surface area contributed by atoms with E-state index in [1.165, 1.54) is 0 Å². The first-order chi connectivity index (χ1) is 4.72. The number of alkyl halides is 3. The number of halogens is 3. The zero-order chi connectivity index (χ0) is 7.98. The summed E-state index contributed by atoms with van der Waals surface area (Å²) < 4.78 is 0. The molecule has 10 heavy (non-hydrogen) atoms. The standard InChI is InChI=1S/C6H9Br2ClO/c7-4-5(8)6(10)2-1-3-9/h5H,1-4H2. The van der Waals surface area contributed by atoms with E-state index in [1.54, 1.807) is 0 Å². The number of ketones is 1. The minimum atomic E-state index is -0.0456. The lowest BCUT2D eigenvalue weighted by Crippen LogP contribution is -2.14. The third kappa shape index (κ3) is 4.69.